The maximum atomic E-state index is 12.3. The zero-order chi connectivity index (χ0) is 16.5. The number of carbonyl (C=O) groups is 1. The fourth-order valence-electron chi connectivity index (χ4n) is 2.60. The Morgan fingerprint density at radius 1 is 1.12 bits per heavy atom. The number of carbonyl (C=O) groups excluding carboxylic acids is 1. The van der Waals surface area contributed by atoms with Gasteiger partial charge in [0, 0.05) is 11.6 Å². The Bertz CT molecular complexity index is 881. The highest BCUT2D eigenvalue weighted by atomic mass is 16.2. The highest BCUT2D eigenvalue weighted by Gasteiger charge is 2.26. The molecule has 0 atom stereocenters. The van der Waals surface area contributed by atoms with Crippen LogP contribution < -0.4 is 5.32 Å². The zero-order valence-corrected chi connectivity index (χ0v) is 13.4. The standard InChI is InChI=1S/C19H18N4O/c1-13-6-5-9-16(12-13)23-18(14-7-3-2-4-8-14)21-17(22-23)19(24)20-15-10-11-15/h2-9,12,15H,10-11H2,1H3,(H,20,24). The molecule has 0 spiro atoms. The molecule has 0 bridgehead atoms. The van der Waals surface area contributed by atoms with Gasteiger partial charge in [-0.25, -0.2) is 9.67 Å². The van der Waals surface area contributed by atoms with Crippen molar-refractivity contribution in [1.82, 2.24) is 20.1 Å². The highest BCUT2D eigenvalue weighted by molar-refractivity contribution is 5.91. The fourth-order valence-corrected chi connectivity index (χ4v) is 2.60. The summed E-state index contributed by atoms with van der Waals surface area (Å²) in [6.45, 7) is 2.03. The molecule has 0 radical (unpaired) electrons. The summed E-state index contributed by atoms with van der Waals surface area (Å²) in [6, 6.07) is 18.1. The fraction of sp³-hybridized carbons (Fsp3) is 0.211. The van der Waals surface area contributed by atoms with Crippen molar-refractivity contribution in [3.8, 4) is 17.1 Å². The molecule has 3 aromatic rings. The van der Waals surface area contributed by atoms with Crippen LogP contribution in [-0.4, -0.2) is 26.7 Å². The SMILES string of the molecule is Cc1cccc(-n2nc(C(=O)NC3CC3)nc2-c2ccccc2)c1. The smallest absolute Gasteiger partial charge is 0.291 e. The van der Waals surface area contributed by atoms with Crippen molar-refractivity contribution < 1.29 is 4.79 Å². The van der Waals surface area contributed by atoms with Crippen LogP contribution in [0.1, 0.15) is 29.0 Å². The minimum absolute atomic E-state index is 0.207. The van der Waals surface area contributed by atoms with Crippen LogP contribution in [-0.2, 0) is 0 Å². The Morgan fingerprint density at radius 3 is 2.62 bits per heavy atom. The van der Waals surface area contributed by atoms with E-state index in [9.17, 15) is 4.79 Å². The lowest BCUT2D eigenvalue weighted by Crippen LogP contribution is -2.26. The van der Waals surface area contributed by atoms with Crippen LogP contribution in [0.15, 0.2) is 54.6 Å². The molecule has 1 N–H and O–H groups in total. The first kappa shape index (κ1) is 14.6. The number of aryl methyl sites for hydroxylation is 1. The molecule has 0 aliphatic heterocycles. The maximum absolute atomic E-state index is 12.3. The first-order valence-corrected chi connectivity index (χ1v) is 8.11. The molecule has 120 valence electrons. The van der Waals surface area contributed by atoms with E-state index in [1.54, 1.807) is 4.68 Å². The molecule has 2 aromatic carbocycles. The number of hydrogen-bond donors (Lipinski definition) is 1. The molecule has 4 rings (SSSR count). The first-order valence-electron chi connectivity index (χ1n) is 8.11. The van der Waals surface area contributed by atoms with Crippen molar-refractivity contribution in [3.63, 3.8) is 0 Å². The van der Waals surface area contributed by atoms with Gasteiger partial charge in [-0.3, -0.25) is 4.79 Å². The molecule has 1 aliphatic carbocycles. The number of rotatable bonds is 4. The third-order valence-electron chi connectivity index (χ3n) is 4.00. The van der Waals surface area contributed by atoms with Crippen molar-refractivity contribution >= 4 is 5.91 Å². The average molecular weight is 318 g/mol. The summed E-state index contributed by atoms with van der Waals surface area (Å²) in [5.41, 5.74) is 2.95. The number of nitrogens with zero attached hydrogens (tertiary/aromatic N) is 3. The van der Waals surface area contributed by atoms with Crippen LogP contribution in [0.3, 0.4) is 0 Å². The van der Waals surface area contributed by atoms with E-state index in [0.29, 0.717) is 5.82 Å². The van der Waals surface area contributed by atoms with Crippen LogP contribution in [0.25, 0.3) is 17.1 Å². The van der Waals surface area contributed by atoms with Crippen molar-refractivity contribution in [3.05, 3.63) is 66.0 Å². The minimum Gasteiger partial charge on any atom is -0.347 e. The first-order chi connectivity index (χ1) is 11.7. The molecule has 5 nitrogen and oxygen atoms in total. The molecular weight excluding hydrogens is 300 g/mol. The summed E-state index contributed by atoms with van der Waals surface area (Å²) < 4.78 is 1.74. The van der Waals surface area contributed by atoms with Crippen molar-refractivity contribution in [1.29, 1.82) is 0 Å². The van der Waals surface area contributed by atoms with Gasteiger partial charge in [0.05, 0.1) is 5.69 Å². The Morgan fingerprint density at radius 2 is 1.92 bits per heavy atom. The highest BCUT2D eigenvalue weighted by Crippen LogP contribution is 2.23. The molecule has 24 heavy (non-hydrogen) atoms. The second-order valence-electron chi connectivity index (χ2n) is 6.12. The Balaban J connectivity index is 1.80. The van der Waals surface area contributed by atoms with Crippen LogP contribution in [0.5, 0.6) is 0 Å². The van der Waals surface area contributed by atoms with E-state index in [2.05, 4.69) is 15.4 Å². The molecule has 0 unspecified atom stereocenters. The van der Waals surface area contributed by atoms with Gasteiger partial charge in [-0.1, -0.05) is 42.5 Å². The molecule has 1 heterocycles. The lowest BCUT2D eigenvalue weighted by Gasteiger charge is -2.06. The van der Waals surface area contributed by atoms with E-state index in [4.69, 9.17) is 0 Å². The summed E-state index contributed by atoms with van der Waals surface area (Å²) in [7, 11) is 0. The number of aromatic nitrogens is 3. The van der Waals surface area contributed by atoms with E-state index in [-0.39, 0.29) is 17.8 Å². The number of benzene rings is 2. The van der Waals surface area contributed by atoms with E-state index in [1.807, 2.05) is 61.5 Å². The summed E-state index contributed by atoms with van der Waals surface area (Å²) in [4.78, 5) is 16.8. The van der Waals surface area contributed by atoms with Crippen molar-refractivity contribution in [2.45, 2.75) is 25.8 Å². The largest absolute Gasteiger partial charge is 0.347 e. The molecule has 0 saturated heterocycles. The molecule has 1 aromatic heterocycles. The summed E-state index contributed by atoms with van der Waals surface area (Å²) >= 11 is 0. The Kier molecular flexibility index (Phi) is 3.61. The van der Waals surface area contributed by atoms with Gasteiger partial charge in [0.1, 0.15) is 0 Å². The lowest BCUT2D eigenvalue weighted by molar-refractivity contribution is 0.0941. The van der Waals surface area contributed by atoms with Crippen LogP contribution >= 0.6 is 0 Å². The van der Waals surface area contributed by atoms with Gasteiger partial charge in [0.15, 0.2) is 5.82 Å². The molecule has 1 fully saturated rings. The summed E-state index contributed by atoms with van der Waals surface area (Å²) in [5.74, 6) is 0.672. The molecule has 5 heteroatoms. The van der Waals surface area contributed by atoms with Gasteiger partial charge in [-0.15, -0.1) is 5.10 Å². The van der Waals surface area contributed by atoms with Crippen LogP contribution in [0, 0.1) is 6.92 Å². The molecule has 1 aliphatic rings. The predicted molar refractivity (Wildman–Crippen MR) is 92.0 cm³/mol. The van der Waals surface area contributed by atoms with Gasteiger partial charge < -0.3 is 5.32 Å². The van der Waals surface area contributed by atoms with Crippen molar-refractivity contribution in [2.75, 3.05) is 0 Å². The van der Waals surface area contributed by atoms with E-state index in [1.165, 1.54) is 0 Å². The number of hydrogen-bond acceptors (Lipinski definition) is 3. The van der Waals surface area contributed by atoms with Gasteiger partial charge in [-0.05, 0) is 37.5 Å². The second kappa shape index (κ2) is 5.92. The normalized spacial score (nSPS) is 13.7. The van der Waals surface area contributed by atoms with Gasteiger partial charge in [0.25, 0.3) is 5.91 Å². The predicted octanol–water partition coefficient (Wildman–Crippen LogP) is 3.13. The second-order valence-corrected chi connectivity index (χ2v) is 6.12. The average Bonchev–Trinajstić information content (AvgIpc) is 3.29. The third-order valence-corrected chi connectivity index (χ3v) is 4.00. The van der Waals surface area contributed by atoms with E-state index >= 15 is 0 Å². The number of nitrogens with one attached hydrogen (secondary N) is 1. The monoisotopic (exact) mass is 318 g/mol. The van der Waals surface area contributed by atoms with Gasteiger partial charge in [0.2, 0.25) is 5.82 Å². The summed E-state index contributed by atoms with van der Waals surface area (Å²) in [6.07, 6.45) is 2.08. The van der Waals surface area contributed by atoms with Crippen molar-refractivity contribution in [2.24, 2.45) is 0 Å². The van der Waals surface area contributed by atoms with Crippen LogP contribution in [0.4, 0.5) is 0 Å². The minimum atomic E-state index is -0.207. The molecular formula is C19H18N4O. The van der Waals surface area contributed by atoms with Crippen LogP contribution in [0.2, 0.25) is 0 Å². The molecule has 1 saturated carbocycles. The number of amides is 1. The topological polar surface area (TPSA) is 59.8 Å². The van der Waals surface area contributed by atoms with Gasteiger partial charge in [-0.2, -0.15) is 0 Å². The summed E-state index contributed by atoms with van der Waals surface area (Å²) in [5, 5.41) is 7.42. The quantitative estimate of drug-likeness (QED) is 0.804. The Hall–Kier alpha value is -2.95. The van der Waals surface area contributed by atoms with Gasteiger partial charge >= 0.3 is 0 Å². The van der Waals surface area contributed by atoms with E-state index < -0.39 is 0 Å². The Labute approximate surface area is 140 Å². The lowest BCUT2D eigenvalue weighted by atomic mass is 10.2. The maximum Gasteiger partial charge on any atom is 0.291 e. The molecule has 1 amide bonds. The zero-order valence-electron chi connectivity index (χ0n) is 13.4. The van der Waals surface area contributed by atoms with E-state index in [0.717, 1.165) is 29.7 Å². The third kappa shape index (κ3) is 2.93.